The van der Waals surface area contributed by atoms with Gasteiger partial charge in [0.25, 0.3) is 11.3 Å². The van der Waals surface area contributed by atoms with Crippen molar-refractivity contribution in [2.24, 2.45) is 0 Å². The van der Waals surface area contributed by atoms with E-state index in [9.17, 15) is 4.21 Å². The van der Waals surface area contributed by atoms with Gasteiger partial charge in [-0.1, -0.05) is 2.04 Å². The Morgan fingerprint density at radius 1 is 2.00 bits per heavy atom. The Balaban J connectivity index is 3.26. The molecule has 0 aromatic rings. The van der Waals surface area contributed by atoms with Crippen LogP contribution in [-0.2, 0) is 11.3 Å². The van der Waals surface area contributed by atoms with E-state index in [1.807, 2.05) is 0 Å². The zero-order valence-electron chi connectivity index (χ0n) is 2.47. The van der Waals surface area contributed by atoms with E-state index in [2.05, 4.69) is 0 Å². The Kier molecular flexibility index (Phi) is 3.71. The molecule has 1 unspecified atom stereocenters. The smallest absolute Gasteiger partial charge is 0.259 e. The van der Waals surface area contributed by atoms with E-state index in [1.54, 1.807) is 0 Å². The second kappa shape index (κ2) is 3.14. The molecule has 0 aliphatic rings. The van der Waals surface area contributed by atoms with Crippen molar-refractivity contribution >= 4 is 45.9 Å². The van der Waals surface area contributed by atoms with Crippen molar-refractivity contribution < 1.29 is 8.76 Å². The van der Waals surface area contributed by atoms with Gasteiger partial charge in [0.2, 0.25) is 0 Å². The van der Waals surface area contributed by atoms with Crippen LogP contribution in [0.2, 0.25) is 0 Å². The summed E-state index contributed by atoms with van der Waals surface area (Å²) in [6, 6.07) is 0. The maximum Gasteiger partial charge on any atom is 0.259 e. The lowest BCUT2D eigenvalue weighted by molar-refractivity contribution is 0.551. The Bertz CT molecular complexity index is 64.6. The maximum atomic E-state index is 9.60. The molecule has 0 fully saturated rings. The number of hydrogen-bond donors (Lipinski definition) is 1. The molecule has 0 aliphatic heterocycles. The highest BCUT2D eigenvalue weighted by Gasteiger charge is 1.96. The highest BCUT2D eigenvalue weighted by atomic mass is 127. The number of halogens is 2. The van der Waals surface area contributed by atoms with Crippen molar-refractivity contribution in [3.63, 3.8) is 0 Å². The minimum Gasteiger partial charge on any atom is -0.292 e. The number of nitrogens with zero attached hydrogens (tertiary/aromatic N) is 1. The summed E-state index contributed by atoms with van der Waals surface area (Å²) >= 11 is 4.33. The average molecular weight is 241 g/mol. The molecule has 0 aliphatic carbocycles. The lowest BCUT2D eigenvalue weighted by Crippen LogP contribution is -1.97. The third kappa shape index (κ3) is 3.29. The summed E-state index contributed by atoms with van der Waals surface area (Å²) in [5.41, 5.74) is 0. The van der Waals surface area contributed by atoms with Crippen LogP contribution in [0.25, 0.3) is 0 Å². The molecule has 0 bridgehead atoms. The first kappa shape index (κ1) is 7.09. The normalized spacial score (nSPS) is 15.3. The fourth-order valence-electron chi connectivity index (χ4n) is 0. The molecule has 0 radical (unpaired) electrons. The van der Waals surface area contributed by atoms with Gasteiger partial charge in [-0.25, -0.2) is 4.21 Å². The molecule has 0 saturated carbocycles. The molecule has 0 rings (SSSR count). The van der Waals surface area contributed by atoms with Crippen LogP contribution in [0.1, 0.15) is 0 Å². The van der Waals surface area contributed by atoms with E-state index in [0.717, 1.165) is 0 Å². The molecule has 0 amide bonds. The first-order valence-corrected chi connectivity index (χ1v) is 3.24. The molecule has 0 aromatic carbocycles. The van der Waals surface area contributed by atoms with Gasteiger partial charge < -0.3 is 0 Å². The molecular weight excluding hydrogens is 240 g/mol. The Morgan fingerprint density at radius 2 is 2.17 bits per heavy atom. The van der Waals surface area contributed by atoms with Crippen LogP contribution in [0.3, 0.4) is 0 Å². The van der Waals surface area contributed by atoms with Gasteiger partial charge in [0.15, 0.2) is 0 Å². The lowest BCUT2D eigenvalue weighted by atomic mass is 13.9. The summed E-state index contributed by atoms with van der Waals surface area (Å²) < 4.78 is 18.1. The largest absolute Gasteiger partial charge is 0.292 e. The van der Waals surface area contributed by atoms with E-state index in [1.165, 1.54) is 22.9 Å². The highest BCUT2D eigenvalue weighted by molar-refractivity contribution is 14.1. The van der Waals surface area contributed by atoms with E-state index < -0.39 is 11.3 Å². The predicted molar refractivity (Wildman–Crippen MR) is 32.5 cm³/mol. The maximum absolute atomic E-state index is 9.60. The molecule has 1 N–H and O–H groups in total. The summed E-state index contributed by atoms with van der Waals surface area (Å²) in [7, 11) is 0. The molecule has 6 heteroatoms. The van der Waals surface area contributed by atoms with Crippen molar-refractivity contribution in [2.45, 2.75) is 0 Å². The van der Waals surface area contributed by atoms with Crippen LogP contribution in [0.15, 0.2) is 0 Å². The molecule has 0 spiro atoms. The van der Waals surface area contributed by atoms with Gasteiger partial charge in [0.1, 0.15) is 0 Å². The van der Waals surface area contributed by atoms with Crippen molar-refractivity contribution in [2.75, 3.05) is 0 Å². The summed E-state index contributed by atoms with van der Waals surface area (Å²) in [6.45, 7) is 0. The standard InChI is InChI=1S/ClHINO2S/c1-3(2)6(4)5/h(H,4,5). The average Bonchev–Trinajstić information content (AvgIpc) is 1.36. The molecule has 0 aromatic heterocycles. The summed E-state index contributed by atoms with van der Waals surface area (Å²) in [5.74, 6) is 0. The van der Waals surface area contributed by atoms with Crippen molar-refractivity contribution in [1.29, 1.82) is 0 Å². The van der Waals surface area contributed by atoms with Gasteiger partial charge in [-0.3, -0.25) is 4.55 Å². The molecule has 0 heterocycles. The van der Waals surface area contributed by atoms with E-state index in [4.69, 9.17) is 16.3 Å². The zero-order chi connectivity index (χ0) is 5.15. The summed E-state index contributed by atoms with van der Waals surface area (Å²) in [4.78, 5) is 0. The van der Waals surface area contributed by atoms with Gasteiger partial charge in [-0.2, -0.15) is 0 Å². The molecular formula is HClINO2S. The molecule has 1 atom stereocenters. The van der Waals surface area contributed by atoms with Gasteiger partial charge in [-0.15, -0.1) is 0 Å². The topological polar surface area (TPSA) is 40.5 Å². The van der Waals surface area contributed by atoms with Crippen LogP contribution < -0.4 is 0 Å². The van der Waals surface area contributed by atoms with E-state index in [0.29, 0.717) is 2.04 Å². The SMILES string of the molecule is O=S(O)N(Cl)I. The monoisotopic (exact) mass is 241 g/mol. The minimum atomic E-state index is -2.03. The van der Waals surface area contributed by atoms with Crippen molar-refractivity contribution in [3.8, 4) is 0 Å². The third-order valence-corrected chi connectivity index (χ3v) is 1.72. The number of rotatable bonds is 1. The minimum absolute atomic E-state index is 0.637. The first-order chi connectivity index (χ1) is 2.64. The highest BCUT2D eigenvalue weighted by Crippen LogP contribution is 2.03. The van der Waals surface area contributed by atoms with E-state index in [-0.39, 0.29) is 0 Å². The fraction of sp³-hybridized carbons (Fsp3) is 0. The second-order valence-electron chi connectivity index (χ2n) is 0.433. The number of hydrogen-bond acceptors (Lipinski definition) is 1. The van der Waals surface area contributed by atoms with E-state index >= 15 is 0 Å². The Morgan fingerprint density at radius 3 is 2.17 bits per heavy atom. The van der Waals surface area contributed by atoms with Crippen LogP contribution >= 0.6 is 34.6 Å². The van der Waals surface area contributed by atoms with Crippen LogP contribution in [0.4, 0.5) is 0 Å². The van der Waals surface area contributed by atoms with Crippen LogP contribution in [0.5, 0.6) is 0 Å². The quantitative estimate of drug-likeness (QED) is 0.421. The predicted octanol–water partition coefficient (Wildman–Crippen LogP) is 0.929. The van der Waals surface area contributed by atoms with Crippen molar-refractivity contribution in [3.05, 3.63) is 0 Å². The molecule has 6 heavy (non-hydrogen) atoms. The summed E-state index contributed by atoms with van der Waals surface area (Å²) in [5, 5.41) is 0. The first-order valence-electron chi connectivity index (χ1n) is 0.870. The van der Waals surface area contributed by atoms with Gasteiger partial charge in [0.05, 0.1) is 22.9 Å². The van der Waals surface area contributed by atoms with Gasteiger partial charge in [0, 0.05) is 11.8 Å². The van der Waals surface area contributed by atoms with Crippen LogP contribution in [-0.4, -0.2) is 10.8 Å². The Hall–Kier alpha value is 1.09. The van der Waals surface area contributed by atoms with Crippen molar-refractivity contribution in [1.82, 2.24) is 2.04 Å². The second-order valence-corrected chi connectivity index (χ2v) is 3.99. The lowest BCUT2D eigenvalue weighted by Gasteiger charge is -1.90. The van der Waals surface area contributed by atoms with Gasteiger partial charge in [-0.05, 0) is 0 Å². The molecule has 38 valence electrons. The molecule has 3 nitrogen and oxygen atoms in total. The summed E-state index contributed by atoms with van der Waals surface area (Å²) in [6.07, 6.45) is 0. The van der Waals surface area contributed by atoms with Crippen LogP contribution in [0, 0.1) is 0 Å². The third-order valence-electron chi connectivity index (χ3n) is 0.118. The fourth-order valence-corrected chi connectivity index (χ4v) is 0. The Labute approximate surface area is 56.7 Å². The zero-order valence-corrected chi connectivity index (χ0v) is 6.20. The molecule has 0 saturated heterocycles. The van der Waals surface area contributed by atoms with Gasteiger partial charge >= 0.3 is 0 Å².